The number of fused-ring (bicyclic) bond motifs is 1. The summed E-state index contributed by atoms with van der Waals surface area (Å²) in [5.41, 5.74) is 1.64. The van der Waals surface area contributed by atoms with Crippen molar-refractivity contribution in [1.29, 1.82) is 0 Å². The number of carbonyl (C=O) groups is 1. The summed E-state index contributed by atoms with van der Waals surface area (Å²) in [6, 6.07) is 7.63. The van der Waals surface area contributed by atoms with Gasteiger partial charge in [-0.1, -0.05) is 18.2 Å². The molecule has 0 aliphatic heterocycles. The molecule has 0 aliphatic rings. The van der Waals surface area contributed by atoms with Crippen molar-refractivity contribution in [2.75, 3.05) is 13.6 Å². The highest BCUT2D eigenvalue weighted by Gasteiger charge is 2.11. The lowest BCUT2D eigenvalue weighted by atomic mass is 10.2. The number of furan rings is 1. The minimum atomic E-state index is -0.0612. The number of para-hydroxylation sites is 1. The average Bonchev–Trinajstić information content (AvgIpc) is 2.66. The van der Waals surface area contributed by atoms with E-state index < -0.39 is 0 Å². The third-order valence-corrected chi connectivity index (χ3v) is 2.82. The Hall–Kier alpha value is -1.52. The van der Waals surface area contributed by atoms with Crippen LogP contribution in [0.15, 0.2) is 28.7 Å². The number of benzene rings is 1. The van der Waals surface area contributed by atoms with Gasteiger partial charge in [0.2, 0.25) is 5.91 Å². The van der Waals surface area contributed by atoms with Crippen LogP contribution in [0.25, 0.3) is 11.0 Å². The zero-order valence-corrected chi connectivity index (χ0v) is 10.2. The van der Waals surface area contributed by atoms with Gasteiger partial charge in [0, 0.05) is 24.5 Å². The predicted octanol–water partition coefficient (Wildman–Crippen LogP) is 1.92. The molecule has 2 N–H and O–H groups in total. The second-order valence-corrected chi connectivity index (χ2v) is 3.97. The molecule has 1 aromatic carbocycles. The highest BCUT2D eigenvalue weighted by molar-refractivity contribution is 6.30. The molecule has 0 saturated carbocycles. The average molecular weight is 253 g/mol. The zero-order chi connectivity index (χ0) is 12.3. The topological polar surface area (TPSA) is 54.3 Å². The molecule has 2 rings (SSSR count). The molecule has 17 heavy (non-hydrogen) atoms. The van der Waals surface area contributed by atoms with Crippen molar-refractivity contribution >= 4 is 28.5 Å². The third kappa shape index (κ3) is 2.60. The lowest BCUT2D eigenvalue weighted by Gasteiger charge is -2.02. The second-order valence-electron chi connectivity index (χ2n) is 3.63. The summed E-state index contributed by atoms with van der Waals surface area (Å²) in [7, 11) is 1.60. The number of amides is 1. The minimum Gasteiger partial charge on any atom is -0.444 e. The van der Waals surface area contributed by atoms with Gasteiger partial charge in [0.1, 0.15) is 5.58 Å². The molecule has 0 atom stereocenters. The van der Waals surface area contributed by atoms with Gasteiger partial charge in [0.05, 0.1) is 6.54 Å². The fourth-order valence-electron chi connectivity index (χ4n) is 1.62. The van der Waals surface area contributed by atoms with Crippen molar-refractivity contribution in [3.63, 3.8) is 0 Å². The molecule has 0 radical (unpaired) electrons. The molecule has 5 heteroatoms. The fraction of sp³-hybridized carbons (Fsp3) is 0.250. The number of carbonyl (C=O) groups excluding carboxylic acids is 1. The van der Waals surface area contributed by atoms with Crippen molar-refractivity contribution in [2.45, 2.75) is 6.54 Å². The molecule has 1 amide bonds. The minimum absolute atomic E-state index is 0.0612. The van der Waals surface area contributed by atoms with E-state index in [0.29, 0.717) is 11.8 Å². The van der Waals surface area contributed by atoms with E-state index in [2.05, 4.69) is 10.6 Å². The summed E-state index contributed by atoms with van der Waals surface area (Å²) in [6.07, 6.45) is 0. The SMILES string of the molecule is CNC(=O)CNCc1c(Cl)oc2ccccc12. The predicted molar refractivity (Wildman–Crippen MR) is 67.0 cm³/mol. The van der Waals surface area contributed by atoms with Crippen LogP contribution in [-0.4, -0.2) is 19.5 Å². The van der Waals surface area contributed by atoms with Crippen molar-refractivity contribution in [1.82, 2.24) is 10.6 Å². The van der Waals surface area contributed by atoms with Gasteiger partial charge in [-0.05, 0) is 17.7 Å². The van der Waals surface area contributed by atoms with Crippen LogP contribution in [0.4, 0.5) is 0 Å². The van der Waals surface area contributed by atoms with Crippen molar-refractivity contribution < 1.29 is 9.21 Å². The van der Waals surface area contributed by atoms with E-state index in [1.807, 2.05) is 24.3 Å². The summed E-state index contributed by atoms with van der Waals surface area (Å²) >= 11 is 6.01. The molecule has 90 valence electrons. The van der Waals surface area contributed by atoms with E-state index in [1.54, 1.807) is 7.05 Å². The molecular formula is C12H13ClN2O2. The molecular weight excluding hydrogens is 240 g/mol. The summed E-state index contributed by atoms with van der Waals surface area (Å²) in [5.74, 6) is -0.0612. The van der Waals surface area contributed by atoms with Gasteiger partial charge in [-0.3, -0.25) is 4.79 Å². The summed E-state index contributed by atoms with van der Waals surface area (Å²) in [5, 5.41) is 6.90. The number of hydrogen-bond acceptors (Lipinski definition) is 3. The first-order valence-corrected chi connectivity index (χ1v) is 5.67. The number of rotatable bonds is 4. The van der Waals surface area contributed by atoms with Crippen molar-refractivity contribution in [3.05, 3.63) is 35.0 Å². The Morgan fingerprint density at radius 1 is 1.41 bits per heavy atom. The van der Waals surface area contributed by atoms with E-state index in [1.165, 1.54) is 0 Å². The van der Waals surface area contributed by atoms with E-state index in [0.717, 1.165) is 16.5 Å². The summed E-state index contributed by atoms with van der Waals surface area (Å²) in [4.78, 5) is 11.1. The van der Waals surface area contributed by atoms with Crippen molar-refractivity contribution in [2.24, 2.45) is 0 Å². The van der Waals surface area contributed by atoms with Gasteiger partial charge < -0.3 is 15.1 Å². The maximum Gasteiger partial charge on any atom is 0.233 e. The third-order valence-electron chi connectivity index (χ3n) is 2.52. The fourth-order valence-corrected chi connectivity index (χ4v) is 1.87. The largest absolute Gasteiger partial charge is 0.444 e. The molecule has 2 aromatic rings. The molecule has 0 unspecified atom stereocenters. The van der Waals surface area contributed by atoms with E-state index in [4.69, 9.17) is 16.0 Å². The molecule has 0 spiro atoms. The Balaban J connectivity index is 2.12. The number of hydrogen-bond donors (Lipinski definition) is 2. The highest BCUT2D eigenvalue weighted by Crippen LogP contribution is 2.29. The summed E-state index contributed by atoms with van der Waals surface area (Å²) < 4.78 is 5.41. The smallest absolute Gasteiger partial charge is 0.233 e. The van der Waals surface area contributed by atoms with Gasteiger partial charge in [-0.25, -0.2) is 0 Å². The summed E-state index contributed by atoms with van der Waals surface area (Å²) in [6.45, 7) is 0.760. The van der Waals surface area contributed by atoms with Crippen LogP contribution >= 0.6 is 11.6 Å². The van der Waals surface area contributed by atoms with Crippen LogP contribution < -0.4 is 10.6 Å². The van der Waals surface area contributed by atoms with Crippen LogP contribution in [0.2, 0.25) is 5.22 Å². The van der Waals surface area contributed by atoms with E-state index in [-0.39, 0.29) is 12.5 Å². The lowest BCUT2D eigenvalue weighted by Crippen LogP contribution is -2.30. The van der Waals surface area contributed by atoms with Crippen LogP contribution in [0.1, 0.15) is 5.56 Å². The first-order valence-electron chi connectivity index (χ1n) is 5.29. The lowest BCUT2D eigenvalue weighted by molar-refractivity contribution is -0.119. The van der Waals surface area contributed by atoms with Gasteiger partial charge in [0.25, 0.3) is 0 Å². The number of halogens is 1. The maximum atomic E-state index is 11.1. The van der Waals surface area contributed by atoms with Gasteiger partial charge >= 0.3 is 0 Å². The van der Waals surface area contributed by atoms with Gasteiger partial charge in [-0.15, -0.1) is 0 Å². The first kappa shape index (κ1) is 12.0. The molecule has 1 aromatic heterocycles. The van der Waals surface area contributed by atoms with E-state index >= 15 is 0 Å². The van der Waals surface area contributed by atoms with Crippen molar-refractivity contribution in [3.8, 4) is 0 Å². The second kappa shape index (κ2) is 5.21. The Morgan fingerprint density at radius 2 is 2.18 bits per heavy atom. The van der Waals surface area contributed by atoms with Gasteiger partial charge in [0.15, 0.2) is 5.22 Å². The Labute approximate surface area is 104 Å². The first-order chi connectivity index (χ1) is 8.22. The Bertz CT molecular complexity index is 536. The molecule has 0 aliphatic carbocycles. The standard InChI is InChI=1S/C12H13ClN2O2/c1-14-11(16)7-15-6-9-8-4-2-3-5-10(8)17-12(9)13/h2-5,15H,6-7H2,1H3,(H,14,16). The maximum absolute atomic E-state index is 11.1. The van der Waals surface area contributed by atoms with Crippen LogP contribution in [0, 0.1) is 0 Å². The Morgan fingerprint density at radius 3 is 2.94 bits per heavy atom. The quantitative estimate of drug-likeness (QED) is 0.874. The monoisotopic (exact) mass is 252 g/mol. The molecule has 0 bridgehead atoms. The van der Waals surface area contributed by atoms with Crippen LogP contribution in [0.5, 0.6) is 0 Å². The highest BCUT2D eigenvalue weighted by atomic mass is 35.5. The number of likely N-dealkylation sites (N-methyl/N-ethyl adjacent to an activating group) is 1. The van der Waals surface area contributed by atoms with Crippen LogP contribution in [-0.2, 0) is 11.3 Å². The molecule has 0 saturated heterocycles. The molecule has 0 fully saturated rings. The zero-order valence-electron chi connectivity index (χ0n) is 9.42. The molecule has 1 heterocycles. The van der Waals surface area contributed by atoms with Gasteiger partial charge in [-0.2, -0.15) is 0 Å². The molecule has 4 nitrogen and oxygen atoms in total. The van der Waals surface area contributed by atoms with Crippen LogP contribution in [0.3, 0.4) is 0 Å². The number of nitrogens with one attached hydrogen (secondary N) is 2. The Kier molecular flexibility index (Phi) is 3.66. The normalized spacial score (nSPS) is 10.7. The van der Waals surface area contributed by atoms with E-state index in [9.17, 15) is 4.79 Å².